The zero-order valence-corrected chi connectivity index (χ0v) is 21.5. The van der Waals surface area contributed by atoms with Crippen LogP contribution in [0.15, 0.2) is 12.1 Å². The third-order valence-corrected chi connectivity index (χ3v) is 7.62. The highest BCUT2D eigenvalue weighted by Gasteiger charge is 2.49. The first-order valence-corrected chi connectivity index (χ1v) is 14.1. The number of anilines is 1. The lowest BCUT2D eigenvalue weighted by atomic mass is 10.0. The Kier molecular flexibility index (Phi) is 8.72. The van der Waals surface area contributed by atoms with Gasteiger partial charge in [0.05, 0.1) is 6.26 Å². The zero-order valence-electron chi connectivity index (χ0n) is 19.9. The number of nitrogens with zero attached hydrogens (tertiary/aromatic N) is 3. The van der Waals surface area contributed by atoms with Crippen LogP contribution < -0.4 is 14.4 Å². The van der Waals surface area contributed by atoms with Crippen LogP contribution in [0.1, 0.15) is 33.6 Å². The Morgan fingerprint density at radius 3 is 2.17 bits per heavy atom. The second-order valence-electron chi connectivity index (χ2n) is 8.81. The molecule has 1 unspecified atom stereocenters. The smallest absolute Gasteiger partial charge is 0.477 e. The first-order valence-electron chi connectivity index (χ1n) is 10.6. The number of hydrogen-bond acceptors (Lipinski definition) is 8. The van der Waals surface area contributed by atoms with Crippen molar-refractivity contribution in [3.63, 3.8) is 0 Å². The lowest BCUT2D eigenvalue weighted by molar-refractivity contribution is -0.153. The summed E-state index contributed by atoms with van der Waals surface area (Å²) < 4.78 is 137. The van der Waals surface area contributed by atoms with Gasteiger partial charge in [0.2, 0.25) is 15.9 Å². The van der Waals surface area contributed by atoms with Gasteiger partial charge in [-0.05, 0) is 20.3 Å². The normalized spacial score (nSPS) is 18.8. The third-order valence-electron chi connectivity index (χ3n) is 5.21. The van der Waals surface area contributed by atoms with E-state index in [-0.39, 0.29) is 12.4 Å². The van der Waals surface area contributed by atoms with Gasteiger partial charge in [-0.25, -0.2) is 16.8 Å². The van der Waals surface area contributed by atoms with Gasteiger partial charge in [-0.1, -0.05) is 13.3 Å². The Balaban J connectivity index is 2.52. The quantitative estimate of drug-likeness (QED) is 0.416. The standard InChI is InChI=1S/C19H27F6N3O6S2/c1-5-6-17(2,3)34-16-10-13(33-12-36(31,32)19(23,24)25)9-15(26-16)28-8-7-27(35(4,29)30)11-14(28)18(20,21)22/h9-10,14H,5-8,11-12H2,1-4H3. The number of piperazine rings is 1. The van der Waals surface area contributed by atoms with Crippen LogP contribution in [-0.2, 0) is 19.9 Å². The number of rotatable bonds is 9. The molecule has 0 aliphatic carbocycles. The molecule has 0 amide bonds. The number of aromatic nitrogens is 1. The first kappa shape index (κ1) is 30.2. The maximum absolute atomic E-state index is 13.9. The molecule has 2 heterocycles. The highest BCUT2D eigenvalue weighted by Crippen LogP contribution is 2.35. The molecule has 208 valence electrons. The van der Waals surface area contributed by atoms with Gasteiger partial charge in [0.15, 0.2) is 5.94 Å². The van der Waals surface area contributed by atoms with E-state index in [4.69, 9.17) is 9.47 Å². The molecule has 1 fully saturated rings. The van der Waals surface area contributed by atoms with Gasteiger partial charge in [0, 0.05) is 31.8 Å². The monoisotopic (exact) mass is 571 g/mol. The largest absolute Gasteiger partial charge is 0.500 e. The zero-order chi connectivity index (χ0) is 27.7. The summed E-state index contributed by atoms with van der Waals surface area (Å²) in [6.45, 7) is 3.42. The fraction of sp³-hybridized carbons (Fsp3) is 0.737. The minimum atomic E-state index is -5.70. The molecule has 0 spiro atoms. The van der Waals surface area contributed by atoms with Crippen LogP contribution in [0.25, 0.3) is 0 Å². The highest BCUT2D eigenvalue weighted by atomic mass is 32.2. The van der Waals surface area contributed by atoms with Crippen LogP contribution in [0.5, 0.6) is 11.6 Å². The average Bonchev–Trinajstić information content (AvgIpc) is 2.69. The first-order chi connectivity index (χ1) is 16.2. The second kappa shape index (κ2) is 10.4. The molecule has 17 heteroatoms. The predicted octanol–water partition coefficient (Wildman–Crippen LogP) is 3.32. The fourth-order valence-corrected chi connectivity index (χ4v) is 4.76. The Labute approximate surface area is 205 Å². The van der Waals surface area contributed by atoms with Crippen LogP contribution >= 0.6 is 0 Å². The lowest BCUT2D eigenvalue weighted by Gasteiger charge is -2.41. The van der Waals surface area contributed by atoms with Crippen LogP contribution in [-0.4, -0.2) is 81.3 Å². The molecular formula is C19H27F6N3O6S2. The van der Waals surface area contributed by atoms with Crippen LogP contribution in [0.2, 0.25) is 0 Å². The molecule has 1 atom stereocenters. The molecule has 0 radical (unpaired) electrons. The Morgan fingerprint density at radius 1 is 1.06 bits per heavy atom. The van der Waals surface area contributed by atoms with Crippen molar-refractivity contribution in [2.24, 2.45) is 0 Å². The molecule has 1 aliphatic rings. The number of sulfone groups is 1. The number of ether oxygens (including phenoxy) is 2. The third kappa shape index (κ3) is 7.74. The highest BCUT2D eigenvalue weighted by molar-refractivity contribution is 7.92. The molecule has 0 N–H and O–H groups in total. The molecule has 1 saturated heterocycles. The number of sulfonamides is 1. The summed E-state index contributed by atoms with van der Waals surface area (Å²) in [5.74, 6) is -3.09. The molecule has 0 bridgehead atoms. The van der Waals surface area contributed by atoms with Crippen LogP contribution in [0.3, 0.4) is 0 Å². The van der Waals surface area contributed by atoms with E-state index in [1.165, 1.54) is 0 Å². The van der Waals surface area contributed by atoms with Gasteiger partial charge in [-0.15, -0.1) is 0 Å². The van der Waals surface area contributed by atoms with Gasteiger partial charge >= 0.3 is 11.7 Å². The molecule has 36 heavy (non-hydrogen) atoms. The van der Waals surface area contributed by atoms with Crippen molar-refractivity contribution < 1.29 is 52.7 Å². The minimum absolute atomic E-state index is 0.308. The van der Waals surface area contributed by atoms with Gasteiger partial charge in [-0.3, -0.25) is 0 Å². The summed E-state index contributed by atoms with van der Waals surface area (Å²) in [7, 11) is -9.65. The van der Waals surface area contributed by atoms with Crippen molar-refractivity contribution >= 4 is 25.7 Å². The average molecular weight is 572 g/mol. The Hall–Kier alpha value is -2.01. The molecule has 1 aromatic heterocycles. The lowest BCUT2D eigenvalue weighted by Crippen LogP contribution is -2.60. The van der Waals surface area contributed by atoms with Crippen molar-refractivity contribution in [1.82, 2.24) is 9.29 Å². The summed E-state index contributed by atoms with van der Waals surface area (Å²) in [6, 6.07) is -0.526. The van der Waals surface area contributed by atoms with Crippen molar-refractivity contribution in [3.8, 4) is 11.6 Å². The SMILES string of the molecule is CCCC(C)(C)Oc1cc(OCS(=O)(=O)C(F)(F)F)cc(N2CCN(S(C)(=O)=O)CC2C(F)(F)F)n1. The number of hydrogen-bond donors (Lipinski definition) is 0. The predicted molar refractivity (Wildman–Crippen MR) is 118 cm³/mol. The minimum Gasteiger partial charge on any atom is -0.477 e. The van der Waals surface area contributed by atoms with Crippen molar-refractivity contribution in [2.75, 3.05) is 36.7 Å². The van der Waals surface area contributed by atoms with E-state index in [9.17, 15) is 43.2 Å². The summed E-state index contributed by atoms with van der Waals surface area (Å²) in [5, 5.41) is 0. The number of pyridine rings is 1. The fourth-order valence-electron chi connectivity index (χ4n) is 3.51. The van der Waals surface area contributed by atoms with Crippen molar-refractivity contribution in [1.29, 1.82) is 0 Å². The number of alkyl halides is 6. The van der Waals surface area contributed by atoms with Crippen LogP contribution in [0, 0.1) is 0 Å². The van der Waals surface area contributed by atoms with Crippen molar-refractivity contribution in [3.05, 3.63) is 12.1 Å². The summed E-state index contributed by atoms with van der Waals surface area (Å²) in [5.41, 5.74) is -6.48. The second-order valence-corrected chi connectivity index (χ2v) is 12.7. The van der Waals surface area contributed by atoms with E-state index in [1.54, 1.807) is 13.8 Å². The summed E-state index contributed by atoms with van der Waals surface area (Å²) >= 11 is 0. The molecule has 0 aromatic carbocycles. The molecule has 2 rings (SSSR count). The van der Waals surface area contributed by atoms with Gasteiger partial charge in [0.25, 0.3) is 9.84 Å². The van der Waals surface area contributed by atoms with Gasteiger partial charge in [-0.2, -0.15) is 35.6 Å². The maximum atomic E-state index is 13.9. The van der Waals surface area contributed by atoms with Gasteiger partial charge < -0.3 is 14.4 Å². The molecular weight excluding hydrogens is 544 g/mol. The van der Waals surface area contributed by atoms with E-state index < -0.39 is 73.8 Å². The Morgan fingerprint density at radius 2 is 1.67 bits per heavy atom. The van der Waals surface area contributed by atoms with Crippen molar-refractivity contribution in [2.45, 2.75) is 56.9 Å². The maximum Gasteiger partial charge on any atom is 0.500 e. The molecule has 1 aromatic rings. The van der Waals surface area contributed by atoms with E-state index >= 15 is 0 Å². The topological polar surface area (TPSA) is 106 Å². The molecule has 9 nitrogen and oxygen atoms in total. The Bertz CT molecular complexity index is 1140. The van der Waals surface area contributed by atoms with Crippen LogP contribution in [0.4, 0.5) is 32.2 Å². The van der Waals surface area contributed by atoms with E-state index in [1.807, 2.05) is 6.92 Å². The summed E-state index contributed by atoms with van der Waals surface area (Å²) in [6.07, 6.45) is -3.01. The summed E-state index contributed by atoms with van der Waals surface area (Å²) in [4.78, 5) is 4.78. The van der Waals surface area contributed by atoms with E-state index in [0.29, 0.717) is 17.1 Å². The van der Waals surface area contributed by atoms with E-state index in [0.717, 1.165) is 23.3 Å². The number of halogens is 6. The molecule has 1 aliphatic heterocycles. The van der Waals surface area contributed by atoms with E-state index in [2.05, 4.69) is 4.98 Å². The molecule has 0 saturated carbocycles. The van der Waals surface area contributed by atoms with Gasteiger partial charge in [0.1, 0.15) is 23.2 Å².